The maximum absolute atomic E-state index is 13.3. The number of ether oxygens (including phenoxy) is 3. The van der Waals surface area contributed by atoms with Crippen molar-refractivity contribution >= 4 is 5.91 Å². The van der Waals surface area contributed by atoms with Crippen molar-refractivity contribution in [1.82, 2.24) is 24.8 Å². The van der Waals surface area contributed by atoms with Crippen molar-refractivity contribution in [2.45, 2.75) is 6.10 Å². The van der Waals surface area contributed by atoms with Gasteiger partial charge in [0, 0.05) is 48.5 Å². The van der Waals surface area contributed by atoms with Crippen LogP contribution in [0.4, 0.5) is 0 Å². The van der Waals surface area contributed by atoms with Gasteiger partial charge in [-0.05, 0) is 36.4 Å². The summed E-state index contributed by atoms with van der Waals surface area (Å²) >= 11 is 0. The SMILES string of the molecule is COc1ccc(Oc2cccc([C@@H]3CN(C(=O)c4cncc(-c5cncnc5)c4)CCO3)n2)cc1. The van der Waals surface area contributed by atoms with Crippen LogP contribution in [0.1, 0.15) is 22.2 Å². The zero-order valence-corrected chi connectivity index (χ0v) is 19.1. The van der Waals surface area contributed by atoms with Gasteiger partial charge in [-0.25, -0.2) is 15.0 Å². The maximum atomic E-state index is 13.3. The van der Waals surface area contributed by atoms with E-state index in [1.807, 2.05) is 36.4 Å². The third-order valence-corrected chi connectivity index (χ3v) is 5.59. The molecule has 0 N–H and O–H groups in total. The predicted octanol–water partition coefficient (Wildman–Crippen LogP) is 3.95. The minimum Gasteiger partial charge on any atom is -0.497 e. The van der Waals surface area contributed by atoms with Crippen LogP contribution in [0.25, 0.3) is 11.1 Å². The van der Waals surface area contributed by atoms with Gasteiger partial charge in [-0.15, -0.1) is 0 Å². The molecule has 4 heterocycles. The second-order valence-corrected chi connectivity index (χ2v) is 7.88. The lowest BCUT2D eigenvalue weighted by molar-refractivity contribution is -0.0248. The molecule has 0 unspecified atom stereocenters. The summed E-state index contributed by atoms with van der Waals surface area (Å²) in [5, 5.41) is 0. The Balaban J connectivity index is 1.29. The highest BCUT2D eigenvalue weighted by Crippen LogP contribution is 2.27. The summed E-state index contributed by atoms with van der Waals surface area (Å²) in [4.78, 5) is 32.0. The molecule has 1 saturated heterocycles. The summed E-state index contributed by atoms with van der Waals surface area (Å²) in [6.07, 6.45) is 7.74. The summed E-state index contributed by atoms with van der Waals surface area (Å²) in [6, 6.07) is 14.6. The molecule has 1 fully saturated rings. The zero-order valence-electron chi connectivity index (χ0n) is 19.1. The third kappa shape index (κ3) is 5.25. The van der Waals surface area contributed by atoms with E-state index < -0.39 is 0 Å². The van der Waals surface area contributed by atoms with Gasteiger partial charge in [0.15, 0.2) is 0 Å². The van der Waals surface area contributed by atoms with Crippen molar-refractivity contribution in [3.63, 3.8) is 0 Å². The fourth-order valence-electron chi connectivity index (χ4n) is 3.79. The molecule has 1 aromatic carbocycles. The number of amides is 1. The number of carbonyl (C=O) groups is 1. The Labute approximate surface area is 202 Å². The number of pyridine rings is 2. The fraction of sp³-hybridized carbons (Fsp3) is 0.192. The molecule has 1 amide bonds. The molecule has 0 bridgehead atoms. The second-order valence-electron chi connectivity index (χ2n) is 7.88. The molecule has 9 nitrogen and oxygen atoms in total. The number of nitrogens with zero attached hydrogens (tertiary/aromatic N) is 5. The van der Waals surface area contributed by atoms with Crippen molar-refractivity contribution in [3.8, 4) is 28.5 Å². The number of rotatable bonds is 6. The molecule has 1 atom stereocenters. The smallest absolute Gasteiger partial charge is 0.255 e. The quantitative estimate of drug-likeness (QED) is 0.419. The Hall–Kier alpha value is -4.37. The summed E-state index contributed by atoms with van der Waals surface area (Å²) in [5.74, 6) is 1.72. The second kappa shape index (κ2) is 10.3. The van der Waals surface area contributed by atoms with E-state index in [1.54, 1.807) is 48.9 Å². The molecule has 35 heavy (non-hydrogen) atoms. The molecule has 0 spiro atoms. The van der Waals surface area contributed by atoms with Crippen molar-refractivity contribution in [3.05, 3.63) is 90.9 Å². The van der Waals surface area contributed by atoms with E-state index >= 15 is 0 Å². The molecule has 1 aliphatic heterocycles. The molecule has 3 aromatic heterocycles. The number of benzene rings is 1. The van der Waals surface area contributed by atoms with Crippen LogP contribution in [0.3, 0.4) is 0 Å². The normalized spacial score (nSPS) is 15.5. The van der Waals surface area contributed by atoms with Crippen molar-refractivity contribution < 1.29 is 19.0 Å². The first-order chi connectivity index (χ1) is 17.2. The molecule has 0 saturated carbocycles. The molecule has 1 aliphatic rings. The number of hydrogen-bond acceptors (Lipinski definition) is 8. The highest BCUT2D eigenvalue weighted by molar-refractivity contribution is 5.95. The van der Waals surface area contributed by atoms with Gasteiger partial charge in [0.25, 0.3) is 5.91 Å². The summed E-state index contributed by atoms with van der Waals surface area (Å²) in [7, 11) is 1.62. The van der Waals surface area contributed by atoms with E-state index in [1.165, 1.54) is 6.33 Å². The Morgan fingerprint density at radius 2 is 1.74 bits per heavy atom. The van der Waals surface area contributed by atoms with Crippen LogP contribution in [-0.2, 0) is 4.74 Å². The molecule has 176 valence electrons. The van der Waals surface area contributed by atoms with E-state index in [-0.39, 0.29) is 12.0 Å². The Bertz CT molecular complexity index is 1300. The summed E-state index contributed by atoms with van der Waals surface area (Å²) in [6.45, 7) is 1.26. The van der Waals surface area contributed by atoms with Gasteiger partial charge >= 0.3 is 0 Å². The molecular formula is C26H23N5O4. The van der Waals surface area contributed by atoms with Gasteiger partial charge in [0.1, 0.15) is 23.9 Å². The standard InChI is InChI=1S/C26H23N5O4/c1-33-21-5-7-22(8-6-21)35-25-4-2-3-23(30-25)24-16-31(9-10-34-24)26(32)19-11-18(12-27-13-19)20-14-28-17-29-15-20/h2-8,11-15,17,24H,9-10,16H2,1H3/t24-/m0/s1. The van der Waals surface area contributed by atoms with E-state index in [2.05, 4.69) is 19.9 Å². The predicted molar refractivity (Wildman–Crippen MR) is 127 cm³/mol. The number of morpholine rings is 1. The maximum Gasteiger partial charge on any atom is 0.255 e. The van der Waals surface area contributed by atoms with Gasteiger partial charge < -0.3 is 19.1 Å². The zero-order chi connectivity index (χ0) is 24.0. The fourth-order valence-corrected chi connectivity index (χ4v) is 3.79. The first-order valence-corrected chi connectivity index (χ1v) is 11.1. The van der Waals surface area contributed by atoms with Gasteiger partial charge in [-0.3, -0.25) is 9.78 Å². The van der Waals surface area contributed by atoms with E-state index in [0.717, 1.165) is 16.9 Å². The largest absolute Gasteiger partial charge is 0.497 e. The average Bonchev–Trinajstić information content (AvgIpc) is 2.94. The highest BCUT2D eigenvalue weighted by atomic mass is 16.5. The van der Waals surface area contributed by atoms with E-state index in [9.17, 15) is 4.79 Å². The van der Waals surface area contributed by atoms with Crippen LogP contribution in [0.5, 0.6) is 17.4 Å². The lowest BCUT2D eigenvalue weighted by Crippen LogP contribution is -2.42. The Kier molecular flexibility index (Phi) is 6.58. The lowest BCUT2D eigenvalue weighted by atomic mass is 10.1. The van der Waals surface area contributed by atoms with Gasteiger partial charge in [0.2, 0.25) is 5.88 Å². The summed E-state index contributed by atoms with van der Waals surface area (Å²) in [5.41, 5.74) is 2.78. The minimum absolute atomic E-state index is 0.116. The third-order valence-electron chi connectivity index (χ3n) is 5.59. The van der Waals surface area contributed by atoms with Crippen LogP contribution in [-0.4, -0.2) is 57.5 Å². The number of hydrogen-bond donors (Lipinski definition) is 0. The number of aromatic nitrogens is 4. The van der Waals surface area contributed by atoms with Crippen LogP contribution in [0.2, 0.25) is 0 Å². The lowest BCUT2D eigenvalue weighted by Gasteiger charge is -2.32. The first-order valence-electron chi connectivity index (χ1n) is 11.1. The van der Waals surface area contributed by atoms with Crippen LogP contribution in [0, 0.1) is 0 Å². The van der Waals surface area contributed by atoms with Crippen LogP contribution >= 0.6 is 0 Å². The Morgan fingerprint density at radius 1 is 0.971 bits per heavy atom. The minimum atomic E-state index is -0.370. The molecule has 9 heteroatoms. The number of methoxy groups -OCH3 is 1. The molecule has 5 rings (SSSR count). The van der Waals surface area contributed by atoms with Gasteiger partial charge in [-0.2, -0.15) is 0 Å². The van der Waals surface area contributed by atoms with Crippen LogP contribution < -0.4 is 9.47 Å². The van der Waals surface area contributed by atoms with Crippen LogP contribution in [0.15, 0.2) is 79.6 Å². The first kappa shape index (κ1) is 22.4. The van der Waals surface area contributed by atoms with Crippen molar-refractivity contribution in [2.75, 3.05) is 26.8 Å². The van der Waals surface area contributed by atoms with Gasteiger partial charge in [-0.1, -0.05) is 6.07 Å². The highest BCUT2D eigenvalue weighted by Gasteiger charge is 2.27. The molecule has 4 aromatic rings. The van der Waals surface area contributed by atoms with Crippen molar-refractivity contribution in [2.24, 2.45) is 0 Å². The summed E-state index contributed by atoms with van der Waals surface area (Å²) < 4.78 is 17.0. The Morgan fingerprint density at radius 3 is 2.54 bits per heavy atom. The topological polar surface area (TPSA) is 99.6 Å². The van der Waals surface area contributed by atoms with Gasteiger partial charge in [0.05, 0.1) is 31.5 Å². The molecular weight excluding hydrogens is 446 g/mol. The molecule has 0 radical (unpaired) electrons. The van der Waals surface area contributed by atoms with Crippen molar-refractivity contribution in [1.29, 1.82) is 0 Å². The molecule has 0 aliphatic carbocycles. The average molecular weight is 470 g/mol. The monoisotopic (exact) mass is 469 g/mol. The number of carbonyl (C=O) groups excluding carboxylic acids is 1. The van der Waals surface area contributed by atoms with E-state index in [4.69, 9.17) is 14.2 Å². The van der Waals surface area contributed by atoms with E-state index in [0.29, 0.717) is 42.6 Å².